The topological polar surface area (TPSA) is 66.5 Å². The summed E-state index contributed by atoms with van der Waals surface area (Å²) >= 11 is 0.947. The summed E-state index contributed by atoms with van der Waals surface area (Å²) in [6.45, 7) is 0.523. The molecular weight excluding hydrogens is 336 g/mol. The van der Waals surface area contributed by atoms with Gasteiger partial charge in [-0.15, -0.1) is 0 Å². The highest BCUT2D eigenvalue weighted by Gasteiger charge is 2.34. The van der Waals surface area contributed by atoms with Crippen molar-refractivity contribution in [3.05, 3.63) is 40.8 Å². The van der Waals surface area contributed by atoms with Crippen molar-refractivity contribution in [3.63, 3.8) is 0 Å². The molecule has 0 bridgehead atoms. The molecule has 0 aromatic heterocycles. The predicted molar refractivity (Wildman–Crippen MR) is 98.7 cm³/mol. The molecule has 1 aliphatic heterocycles. The van der Waals surface area contributed by atoms with Gasteiger partial charge < -0.3 is 5.32 Å². The Bertz CT molecular complexity index is 681. The van der Waals surface area contributed by atoms with E-state index in [0.717, 1.165) is 30.2 Å². The van der Waals surface area contributed by atoms with Gasteiger partial charge in [0.15, 0.2) is 0 Å². The molecule has 0 spiro atoms. The van der Waals surface area contributed by atoms with Crippen molar-refractivity contribution in [2.75, 3.05) is 13.1 Å². The second-order valence-corrected chi connectivity index (χ2v) is 7.44. The molecule has 132 valence electrons. The lowest BCUT2D eigenvalue weighted by atomic mass is 10.0. The number of amides is 3. The number of imide groups is 1. The van der Waals surface area contributed by atoms with E-state index in [1.165, 1.54) is 17.7 Å². The molecule has 1 heterocycles. The molecule has 1 saturated carbocycles. The molecule has 1 aromatic carbocycles. The Labute approximate surface area is 151 Å². The van der Waals surface area contributed by atoms with Crippen molar-refractivity contribution in [3.8, 4) is 0 Å². The molecule has 5 nitrogen and oxygen atoms in total. The first-order valence-corrected chi connectivity index (χ1v) is 9.52. The van der Waals surface area contributed by atoms with Crippen LogP contribution in [0.1, 0.15) is 37.7 Å². The molecular formula is C19H22N2O3S. The summed E-state index contributed by atoms with van der Waals surface area (Å²) in [4.78, 5) is 38.0. The van der Waals surface area contributed by atoms with Crippen LogP contribution in [0.4, 0.5) is 4.79 Å². The van der Waals surface area contributed by atoms with Crippen molar-refractivity contribution < 1.29 is 14.4 Å². The Morgan fingerprint density at radius 1 is 1.20 bits per heavy atom. The summed E-state index contributed by atoms with van der Waals surface area (Å²) in [5, 5.41) is 2.55. The molecule has 3 amide bonds. The largest absolute Gasteiger partial charge is 0.354 e. The monoisotopic (exact) mass is 358 g/mol. The van der Waals surface area contributed by atoms with Crippen LogP contribution in [0, 0.1) is 5.92 Å². The highest BCUT2D eigenvalue weighted by atomic mass is 32.2. The van der Waals surface area contributed by atoms with Crippen LogP contribution in [0.5, 0.6) is 0 Å². The van der Waals surface area contributed by atoms with E-state index < -0.39 is 0 Å². The number of hydrogen-bond donors (Lipinski definition) is 1. The molecule has 0 atom stereocenters. The first kappa shape index (κ1) is 17.7. The van der Waals surface area contributed by atoms with Crippen LogP contribution in [0.3, 0.4) is 0 Å². The number of benzene rings is 1. The number of hydrogen-bond acceptors (Lipinski definition) is 4. The number of thioether (sulfide) groups is 1. The number of rotatable bonds is 6. The summed E-state index contributed by atoms with van der Waals surface area (Å²) in [5.41, 5.74) is 0.887. The summed E-state index contributed by atoms with van der Waals surface area (Å²) in [6.07, 6.45) is 6.95. The second-order valence-electron chi connectivity index (χ2n) is 6.45. The lowest BCUT2D eigenvalue weighted by Gasteiger charge is -2.14. The fraction of sp³-hybridized carbons (Fsp3) is 0.421. The van der Waals surface area contributed by atoms with Crippen molar-refractivity contribution >= 4 is 34.9 Å². The molecule has 0 unspecified atom stereocenters. The van der Waals surface area contributed by atoms with E-state index in [-0.39, 0.29) is 23.6 Å². The summed E-state index contributed by atoms with van der Waals surface area (Å²) < 4.78 is 0. The van der Waals surface area contributed by atoms with E-state index in [0.29, 0.717) is 23.8 Å². The summed E-state index contributed by atoms with van der Waals surface area (Å²) in [5.74, 6) is 0.216. The zero-order valence-electron chi connectivity index (χ0n) is 14.1. The Morgan fingerprint density at radius 2 is 1.92 bits per heavy atom. The second kappa shape index (κ2) is 8.34. The zero-order chi connectivity index (χ0) is 17.6. The first-order valence-electron chi connectivity index (χ1n) is 8.70. The van der Waals surface area contributed by atoms with E-state index in [2.05, 4.69) is 5.32 Å². The van der Waals surface area contributed by atoms with Gasteiger partial charge in [0.1, 0.15) is 0 Å². The van der Waals surface area contributed by atoms with Crippen LogP contribution in [-0.2, 0) is 9.59 Å². The van der Waals surface area contributed by atoms with Gasteiger partial charge in [-0.05, 0) is 42.2 Å². The number of carbonyl (C=O) groups excluding carboxylic acids is 3. The molecule has 25 heavy (non-hydrogen) atoms. The van der Waals surface area contributed by atoms with Gasteiger partial charge in [0.05, 0.1) is 4.91 Å². The van der Waals surface area contributed by atoms with E-state index in [1.54, 1.807) is 6.08 Å². The average Bonchev–Trinajstić information content (AvgIpc) is 3.19. The fourth-order valence-corrected chi connectivity index (χ4v) is 4.11. The molecule has 1 aromatic rings. The quantitative estimate of drug-likeness (QED) is 0.791. The highest BCUT2D eigenvalue weighted by Crippen LogP contribution is 2.32. The van der Waals surface area contributed by atoms with Gasteiger partial charge in [0.25, 0.3) is 11.1 Å². The van der Waals surface area contributed by atoms with Crippen molar-refractivity contribution in [1.82, 2.24) is 10.2 Å². The Kier molecular flexibility index (Phi) is 5.91. The minimum Gasteiger partial charge on any atom is -0.354 e. The van der Waals surface area contributed by atoms with Crippen LogP contribution in [0.25, 0.3) is 6.08 Å². The van der Waals surface area contributed by atoms with Gasteiger partial charge in [0.2, 0.25) is 5.91 Å². The molecule has 2 fully saturated rings. The zero-order valence-corrected chi connectivity index (χ0v) is 14.9. The van der Waals surface area contributed by atoms with Gasteiger partial charge in [0, 0.05) is 19.5 Å². The third-order valence-corrected chi connectivity index (χ3v) is 5.48. The van der Waals surface area contributed by atoms with Gasteiger partial charge in [-0.1, -0.05) is 43.2 Å². The van der Waals surface area contributed by atoms with E-state index in [4.69, 9.17) is 0 Å². The normalized spacial score (nSPS) is 19.8. The summed E-state index contributed by atoms with van der Waals surface area (Å²) in [7, 11) is 0. The molecule has 1 saturated heterocycles. The molecule has 1 N–H and O–H groups in total. The van der Waals surface area contributed by atoms with Gasteiger partial charge in [-0.3, -0.25) is 19.3 Å². The number of carbonyl (C=O) groups is 3. The van der Waals surface area contributed by atoms with Crippen LogP contribution >= 0.6 is 11.8 Å². The Hall–Kier alpha value is -2.08. The fourth-order valence-electron chi connectivity index (χ4n) is 3.25. The van der Waals surface area contributed by atoms with Crippen LogP contribution in [-0.4, -0.2) is 35.0 Å². The third-order valence-electron chi connectivity index (χ3n) is 4.58. The first-order chi connectivity index (χ1) is 12.1. The van der Waals surface area contributed by atoms with Crippen molar-refractivity contribution in [2.24, 2.45) is 5.92 Å². The van der Waals surface area contributed by atoms with Crippen molar-refractivity contribution in [2.45, 2.75) is 32.1 Å². The maximum Gasteiger partial charge on any atom is 0.293 e. The van der Waals surface area contributed by atoms with Gasteiger partial charge >= 0.3 is 0 Å². The van der Waals surface area contributed by atoms with E-state index >= 15 is 0 Å². The van der Waals surface area contributed by atoms with Crippen LogP contribution in [0.2, 0.25) is 0 Å². The number of nitrogens with zero attached hydrogens (tertiary/aromatic N) is 1. The molecule has 2 aliphatic rings. The lowest BCUT2D eigenvalue weighted by molar-refractivity contribution is -0.124. The van der Waals surface area contributed by atoms with Gasteiger partial charge in [-0.25, -0.2) is 0 Å². The molecule has 6 heteroatoms. The van der Waals surface area contributed by atoms with E-state index in [9.17, 15) is 14.4 Å². The maximum absolute atomic E-state index is 12.4. The Balaban J connectivity index is 1.49. The SMILES string of the molecule is O=C(CC1CCCC1)NCCN1C(=O)SC(=Cc2ccccc2)C1=O. The molecule has 0 radical (unpaired) electrons. The predicted octanol–water partition coefficient (Wildman–Crippen LogP) is 3.42. The van der Waals surface area contributed by atoms with Crippen molar-refractivity contribution in [1.29, 1.82) is 0 Å². The van der Waals surface area contributed by atoms with E-state index in [1.807, 2.05) is 30.3 Å². The van der Waals surface area contributed by atoms with Crippen LogP contribution in [0.15, 0.2) is 35.2 Å². The highest BCUT2D eigenvalue weighted by molar-refractivity contribution is 8.18. The van der Waals surface area contributed by atoms with Crippen LogP contribution < -0.4 is 5.32 Å². The standard InChI is InChI=1S/C19H22N2O3S/c22-17(13-15-8-4-5-9-15)20-10-11-21-18(23)16(25-19(21)24)12-14-6-2-1-3-7-14/h1-3,6-7,12,15H,4-5,8-11,13H2,(H,20,22). The summed E-state index contributed by atoms with van der Waals surface area (Å²) in [6, 6.07) is 9.44. The molecule has 1 aliphatic carbocycles. The molecule has 3 rings (SSSR count). The third kappa shape index (κ3) is 4.72. The maximum atomic E-state index is 12.4. The average molecular weight is 358 g/mol. The van der Waals surface area contributed by atoms with Gasteiger partial charge in [-0.2, -0.15) is 0 Å². The number of nitrogens with one attached hydrogen (secondary N) is 1. The lowest BCUT2D eigenvalue weighted by Crippen LogP contribution is -2.37. The minimum absolute atomic E-state index is 0.0127. The Morgan fingerprint density at radius 3 is 2.64 bits per heavy atom. The minimum atomic E-state index is -0.288. The smallest absolute Gasteiger partial charge is 0.293 e.